The number of aromatic nitrogens is 2. The Hall–Kier alpha value is -0.830. The minimum absolute atomic E-state index is 0.800. The Kier molecular flexibility index (Phi) is 2.36. The molecule has 0 saturated carbocycles. The summed E-state index contributed by atoms with van der Waals surface area (Å²) in [6.45, 7) is 4.48. The van der Waals surface area contributed by atoms with Crippen molar-refractivity contribution in [2.45, 2.75) is 19.8 Å². The highest BCUT2D eigenvalue weighted by atomic mass is 15.2. The van der Waals surface area contributed by atoms with Gasteiger partial charge >= 0.3 is 0 Å². The van der Waals surface area contributed by atoms with Gasteiger partial charge in [0.2, 0.25) is 0 Å². The molecule has 1 atom stereocenters. The third kappa shape index (κ3) is 1.91. The summed E-state index contributed by atoms with van der Waals surface area (Å²) in [7, 11) is 1.99. The van der Waals surface area contributed by atoms with Gasteiger partial charge in [0, 0.05) is 13.2 Å². The van der Waals surface area contributed by atoms with Crippen molar-refractivity contribution in [2.75, 3.05) is 13.1 Å². The van der Waals surface area contributed by atoms with Gasteiger partial charge in [-0.3, -0.25) is 4.68 Å². The van der Waals surface area contributed by atoms with Crippen LogP contribution in [0.3, 0.4) is 0 Å². The summed E-state index contributed by atoms with van der Waals surface area (Å²) in [5, 5.41) is 7.85. The molecule has 1 N–H and O–H groups in total. The van der Waals surface area contributed by atoms with Crippen LogP contribution in [-0.4, -0.2) is 22.9 Å². The summed E-state index contributed by atoms with van der Waals surface area (Å²) in [4.78, 5) is 0. The number of hydrogen-bond acceptors (Lipinski definition) is 2. The van der Waals surface area contributed by atoms with Crippen LogP contribution in [0.2, 0.25) is 0 Å². The largest absolute Gasteiger partial charge is 0.316 e. The molecule has 72 valence electrons. The lowest BCUT2D eigenvalue weighted by Gasteiger charge is -2.05. The summed E-state index contributed by atoms with van der Waals surface area (Å²) < 4.78 is 1.91. The van der Waals surface area contributed by atoms with Gasteiger partial charge in [-0.05, 0) is 44.3 Å². The Morgan fingerprint density at radius 3 is 3.08 bits per heavy atom. The summed E-state index contributed by atoms with van der Waals surface area (Å²) in [5.74, 6) is 0.800. The lowest BCUT2D eigenvalue weighted by atomic mass is 10.0. The second kappa shape index (κ2) is 3.50. The molecule has 1 aromatic heterocycles. The second-order valence-electron chi connectivity index (χ2n) is 4.00. The van der Waals surface area contributed by atoms with E-state index in [1.165, 1.54) is 24.2 Å². The van der Waals surface area contributed by atoms with Gasteiger partial charge in [0.05, 0.1) is 5.69 Å². The van der Waals surface area contributed by atoms with Crippen molar-refractivity contribution < 1.29 is 0 Å². The molecule has 3 heteroatoms. The van der Waals surface area contributed by atoms with Crippen molar-refractivity contribution in [3.63, 3.8) is 0 Å². The first-order chi connectivity index (χ1) is 6.25. The maximum atomic E-state index is 4.46. The smallest absolute Gasteiger partial charge is 0.0656 e. The lowest BCUT2D eigenvalue weighted by Crippen LogP contribution is -2.11. The molecular formula is C10H17N3. The molecule has 0 bridgehead atoms. The molecule has 0 radical (unpaired) electrons. The molecule has 1 aliphatic rings. The van der Waals surface area contributed by atoms with Gasteiger partial charge in [-0.2, -0.15) is 5.10 Å². The predicted molar refractivity (Wildman–Crippen MR) is 52.6 cm³/mol. The predicted octanol–water partition coefficient (Wildman–Crippen LogP) is 0.881. The van der Waals surface area contributed by atoms with Crippen molar-refractivity contribution in [2.24, 2.45) is 13.0 Å². The number of nitrogens with one attached hydrogen (secondary N) is 1. The van der Waals surface area contributed by atoms with Crippen molar-refractivity contribution in [3.05, 3.63) is 17.5 Å². The zero-order valence-electron chi connectivity index (χ0n) is 8.38. The van der Waals surface area contributed by atoms with Crippen LogP contribution in [0.4, 0.5) is 0 Å². The second-order valence-corrected chi connectivity index (χ2v) is 4.00. The van der Waals surface area contributed by atoms with Crippen LogP contribution in [-0.2, 0) is 13.5 Å². The molecule has 1 saturated heterocycles. The van der Waals surface area contributed by atoms with Crippen molar-refractivity contribution in [1.29, 1.82) is 0 Å². The molecule has 1 unspecified atom stereocenters. The van der Waals surface area contributed by atoms with E-state index in [1.807, 2.05) is 11.7 Å². The van der Waals surface area contributed by atoms with E-state index in [2.05, 4.69) is 23.5 Å². The summed E-state index contributed by atoms with van der Waals surface area (Å²) in [5.41, 5.74) is 2.60. The average molecular weight is 179 g/mol. The Balaban J connectivity index is 2.03. The minimum Gasteiger partial charge on any atom is -0.316 e. The van der Waals surface area contributed by atoms with E-state index < -0.39 is 0 Å². The number of rotatable bonds is 2. The molecule has 1 fully saturated rings. The average Bonchev–Trinajstić information content (AvgIpc) is 2.63. The molecular weight excluding hydrogens is 162 g/mol. The van der Waals surface area contributed by atoms with Gasteiger partial charge in [0.1, 0.15) is 0 Å². The molecule has 0 amide bonds. The van der Waals surface area contributed by atoms with Gasteiger partial charge in [0.25, 0.3) is 0 Å². The zero-order valence-corrected chi connectivity index (χ0v) is 8.38. The van der Waals surface area contributed by atoms with Gasteiger partial charge in [-0.25, -0.2) is 0 Å². The maximum absolute atomic E-state index is 4.46. The molecule has 1 aliphatic heterocycles. The Morgan fingerprint density at radius 2 is 2.54 bits per heavy atom. The topological polar surface area (TPSA) is 29.9 Å². The van der Waals surface area contributed by atoms with Crippen molar-refractivity contribution in [3.8, 4) is 0 Å². The third-order valence-electron chi connectivity index (χ3n) is 2.76. The zero-order chi connectivity index (χ0) is 9.26. The Labute approximate surface area is 79.1 Å². The Morgan fingerprint density at radius 1 is 1.69 bits per heavy atom. The highest BCUT2D eigenvalue weighted by Crippen LogP contribution is 2.16. The summed E-state index contributed by atoms with van der Waals surface area (Å²) in [6.07, 6.45) is 4.54. The van der Waals surface area contributed by atoms with Crippen LogP contribution in [0.5, 0.6) is 0 Å². The SMILES string of the molecule is Cc1cn(C)nc1CC1CCNC1. The van der Waals surface area contributed by atoms with E-state index in [1.54, 1.807) is 0 Å². The fraction of sp³-hybridized carbons (Fsp3) is 0.700. The molecule has 2 heterocycles. The van der Waals surface area contributed by atoms with E-state index in [0.717, 1.165) is 18.9 Å². The van der Waals surface area contributed by atoms with Crippen LogP contribution >= 0.6 is 0 Å². The lowest BCUT2D eigenvalue weighted by molar-refractivity contribution is 0.563. The van der Waals surface area contributed by atoms with E-state index in [-0.39, 0.29) is 0 Å². The molecule has 13 heavy (non-hydrogen) atoms. The van der Waals surface area contributed by atoms with Gasteiger partial charge < -0.3 is 5.32 Å². The van der Waals surface area contributed by atoms with Crippen LogP contribution in [0.25, 0.3) is 0 Å². The molecule has 2 rings (SSSR count). The number of hydrogen-bond donors (Lipinski definition) is 1. The molecule has 1 aromatic rings. The van der Waals surface area contributed by atoms with Gasteiger partial charge in [-0.1, -0.05) is 0 Å². The monoisotopic (exact) mass is 179 g/mol. The number of nitrogens with zero attached hydrogens (tertiary/aromatic N) is 2. The van der Waals surface area contributed by atoms with Crippen molar-refractivity contribution >= 4 is 0 Å². The third-order valence-corrected chi connectivity index (χ3v) is 2.76. The Bertz CT molecular complexity index is 284. The van der Waals surface area contributed by atoms with E-state index >= 15 is 0 Å². The number of aryl methyl sites for hydroxylation is 2. The molecule has 0 aromatic carbocycles. The van der Waals surface area contributed by atoms with Crippen LogP contribution in [0, 0.1) is 12.8 Å². The normalized spacial score (nSPS) is 22.5. The standard InChI is InChI=1S/C10H17N3/c1-8-7-13(2)12-10(8)5-9-3-4-11-6-9/h7,9,11H,3-6H2,1-2H3. The summed E-state index contributed by atoms with van der Waals surface area (Å²) >= 11 is 0. The quantitative estimate of drug-likeness (QED) is 0.730. The molecule has 0 aliphatic carbocycles. The van der Waals surface area contributed by atoms with Gasteiger partial charge in [-0.15, -0.1) is 0 Å². The first-order valence-electron chi connectivity index (χ1n) is 4.95. The first kappa shape index (κ1) is 8.75. The first-order valence-corrected chi connectivity index (χ1v) is 4.95. The van der Waals surface area contributed by atoms with Crippen molar-refractivity contribution in [1.82, 2.24) is 15.1 Å². The fourth-order valence-electron chi connectivity index (χ4n) is 2.02. The molecule has 0 spiro atoms. The van der Waals surface area contributed by atoms with Gasteiger partial charge in [0.15, 0.2) is 0 Å². The van der Waals surface area contributed by atoms with E-state index in [4.69, 9.17) is 0 Å². The maximum Gasteiger partial charge on any atom is 0.0656 e. The minimum atomic E-state index is 0.800. The van der Waals surface area contributed by atoms with Crippen LogP contribution < -0.4 is 5.32 Å². The highest BCUT2D eigenvalue weighted by molar-refractivity contribution is 5.15. The fourth-order valence-corrected chi connectivity index (χ4v) is 2.02. The van der Waals surface area contributed by atoms with Crippen LogP contribution in [0.15, 0.2) is 6.20 Å². The molecule has 3 nitrogen and oxygen atoms in total. The summed E-state index contributed by atoms with van der Waals surface area (Å²) in [6, 6.07) is 0. The van der Waals surface area contributed by atoms with Crippen LogP contribution in [0.1, 0.15) is 17.7 Å². The van der Waals surface area contributed by atoms with E-state index in [0.29, 0.717) is 0 Å². The highest BCUT2D eigenvalue weighted by Gasteiger charge is 2.17. The van der Waals surface area contributed by atoms with E-state index in [9.17, 15) is 0 Å².